The lowest BCUT2D eigenvalue weighted by Crippen LogP contribution is -2.39. The second-order valence-corrected chi connectivity index (χ2v) is 4.76. The second kappa shape index (κ2) is 10.9. The van der Waals surface area contributed by atoms with E-state index in [-0.39, 0.29) is 24.0 Å². The van der Waals surface area contributed by atoms with Crippen molar-refractivity contribution in [2.24, 2.45) is 4.99 Å². The van der Waals surface area contributed by atoms with E-state index < -0.39 is 0 Å². The Morgan fingerprint density at radius 3 is 2.70 bits per heavy atom. The van der Waals surface area contributed by atoms with E-state index in [4.69, 9.17) is 4.74 Å². The molecule has 23 heavy (non-hydrogen) atoms. The predicted molar refractivity (Wildman–Crippen MR) is 104 cm³/mol. The van der Waals surface area contributed by atoms with Crippen molar-refractivity contribution in [1.29, 1.82) is 0 Å². The molecule has 2 N–H and O–H groups in total. The molecule has 0 spiro atoms. The molecule has 0 aliphatic heterocycles. The molecule has 0 saturated heterocycles. The zero-order chi connectivity index (χ0) is 15.6. The number of nitrogens with one attached hydrogen (secondary N) is 2. The van der Waals surface area contributed by atoms with Crippen LogP contribution >= 0.6 is 24.0 Å². The topological polar surface area (TPSA) is 63.5 Å². The molecule has 1 aromatic carbocycles. The Hall–Kier alpha value is -1.77. The summed E-state index contributed by atoms with van der Waals surface area (Å²) in [5.74, 6) is 1.72. The summed E-state index contributed by atoms with van der Waals surface area (Å²) >= 11 is 0. The van der Waals surface area contributed by atoms with Gasteiger partial charge in [-0.05, 0) is 24.1 Å². The molecular weight excluding hydrogens is 405 g/mol. The lowest BCUT2D eigenvalue weighted by molar-refractivity contribution is 0.409. The number of para-hydroxylation sites is 1. The fraction of sp³-hybridized carbons (Fsp3) is 0.375. The van der Waals surface area contributed by atoms with E-state index in [1.807, 2.05) is 35.1 Å². The minimum Gasteiger partial charge on any atom is -0.496 e. The molecule has 0 unspecified atom stereocenters. The maximum atomic E-state index is 5.35. The summed E-state index contributed by atoms with van der Waals surface area (Å²) in [6.07, 6.45) is 4.60. The highest BCUT2D eigenvalue weighted by Gasteiger charge is 2.02. The molecule has 0 saturated carbocycles. The van der Waals surface area contributed by atoms with Gasteiger partial charge in [0, 0.05) is 32.5 Å². The Kier molecular flexibility index (Phi) is 9.11. The molecular formula is C16H24IN5O. The lowest BCUT2D eigenvalue weighted by atomic mass is 10.1. The van der Waals surface area contributed by atoms with Gasteiger partial charge in [0.25, 0.3) is 0 Å². The average molecular weight is 429 g/mol. The van der Waals surface area contributed by atoms with Crippen molar-refractivity contribution in [2.75, 3.05) is 27.2 Å². The van der Waals surface area contributed by atoms with Gasteiger partial charge in [0.05, 0.1) is 13.7 Å². The summed E-state index contributed by atoms with van der Waals surface area (Å²) in [7, 11) is 3.47. The summed E-state index contributed by atoms with van der Waals surface area (Å²) < 4.78 is 7.24. The largest absolute Gasteiger partial charge is 0.496 e. The number of aliphatic imine (C=N–C) groups is 1. The van der Waals surface area contributed by atoms with E-state index in [0.29, 0.717) is 0 Å². The molecule has 126 valence electrons. The number of hydrogen-bond donors (Lipinski definition) is 2. The number of methoxy groups -OCH3 is 1. The Labute approximate surface area is 154 Å². The van der Waals surface area contributed by atoms with Gasteiger partial charge in [0.15, 0.2) is 5.96 Å². The minimum atomic E-state index is 0. The van der Waals surface area contributed by atoms with Gasteiger partial charge in [0.1, 0.15) is 5.75 Å². The smallest absolute Gasteiger partial charge is 0.191 e. The fourth-order valence-electron chi connectivity index (χ4n) is 2.17. The van der Waals surface area contributed by atoms with Gasteiger partial charge in [-0.15, -0.1) is 24.0 Å². The van der Waals surface area contributed by atoms with Crippen molar-refractivity contribution in [3.05, 3.63) is 48.3 Å². The Morgan fingerprint density at radius 1 is 1.22 bits per heavy atom. The lowest BCUT2D eigenvalue weighted by Gasteiger charge is -2.13. The van der Waals surface area contributed by atoms with Gasteiger partial charge < -0.3 is 15.4 Å². The van der Waals surface area contributed by atoms with Crippen LogP contribution in [0.15, 0.2) is 47.7 Å². The van der Waals surface area contributed by atoms with Gasteiger partial charge in [-0.25, -0.2) is 0 Å². The van der Waals surface area contributed by atoms with Gasteiger partial charge >= 0.3 is 0 Å². The van der Waals surface area contributed by atoms with E-state index in [2.05, 4.69) is 26.8 Å². The standard InChI is InChI=1S/C16H23N5O.HI/c1-17-16(19-11-13-21-12-5-9-20-21)18-10-8-14-6-3-4-7-15(14)22-2;/h3-7,9,12H,8,10-11,13H2,1-2H3,(H2,17,18,19);1H. The molecule has 0 fully saturated rings. The Morgan fingerprint density at radius 2 is 2.00 bits per heavy atom. The van der Waals surface area contributed by atoms with Crippen LogP contribution in [0, 0.1) is 0 Å². The van der Waals surface area contributed by atoms with Crippen LogP contribution in [0.5, 0.6) is 5.75 Å². The molecule has 2 aromatic rings. The first-order valence-electron chi connectivity index (χ1n) is 7.37. The number of hydrogen-bond acceptors (Lipinski definition) is 3. The summed E-state index contributed by atoms with van der Waals surface area (Å²) in [4.78, 5) is 4.21. The fourth-order valence-corrected chi connectivity index (χ4v) is 2.17. The number of ether oxygens (including phenoxy) is 1. The second-order valence-electron chi connectivity index (χ2n) is 4.76. The van der Waals surface area contributed by atoms with Crippen LogP contribution in [-0.2, 0) is 13.0 Å². The van der Waals surface area contributed by atoms with E-state index in [1.54, 1.807) is 20.4 Å². The molecule has 7 heteroatoms. The molecule has 0 aliphatic carbocycles. The maximum absolute atomic E-state index is 5.35. The molecule has 1 heterocycles. The van der Waals surface area contributed by atoms with Crippen molar-refractivity contribution >= 4 is 29.9 Å². The van der Waals surface area contributed by atoms with Crippen molar-refractivity contribution in [3.8, 4) is 5.75 Å². The van der Waals surface area contributed by atoms with Gasteiger partial charge in [-0.2, -0.15) is 5.10 Å². The van der Waals surface area contributed by atoms with Gasteiger partial charge in [-0.3, -0.25) is 9.67 Å². The third-order valence-electron chi connectivity index (χ3n) is 3.30. The van der Waals surface area contributed by atoms with Crippen LogP contribution in [0.25, 0.3) is 0 Å². The zero-order valence-corrected chi connectivity index (χ0v) is 15.9. The van der Waals surface area contributed by atoms with Crippen LogP contribution in [0.3, 0.4) is 0 Å². The number of benzene rings is 1. The minimum absolute atomic E-state index is 0. The molecule has 0 amide bonds. The summed E-state index contributed by atoms with van der Waals surface area (Å²) in [5.41, 5.74) is 1.18. The predicted octanol–water partition coefficient (Wildman–Crippen LogP) is 1.92. The number of aromatic nitrogens is 2. The summed E-state index contributed by atoms with van der Waals surface area (Å²) in [6.45, 7) is 2.37. The third kappa shape index (κ3) is 6.47. The van der Waals surface area contributed by atoms with Crippen LogP contribution in [-0.4, -0.2) is 43.0 Å². The van der Waals surface area contributed by atoms with Crippen molar-refractivity contribution in [3.63, 3.8) is 0 Å². The van der Waals surface area contributed by atoms with E-state index in [0.717, 1.165) is 37.8 Å². The highest BCUT2D eigenvalue weighted by molar-refractivity contribution is 14.0. The summed E-state index contributed by atoms with van der Waals surface area (Å²) in [5, 5.41) is 10.7. The average Bonchev–Trinajstić information content (AvgIpc) is 3.07. The van der Waals surface area contributed by atoms with Crippen LogP contribution in [0.1, 0.15) is 5.56 Å². The van der Waals surface area contributed by atoms with Crippen molar-refractivity contribution < 1.29 is 4.74 Å². The molecule has 1 aromatic heterocycles. The SMILES string of the molecule is CN=C(NCCc1ccccc1OC)NCCn1cccn1.I. The zero-order valence-electron chi connectivity index (χ0n) is 13.5. The highest BCUT2D eigenvalue weighted by atomic mass is 127. The third-order valence-corrected chi connectivity index (χ3v) is 3.30. The van der Waals surface area contributed by atoms with Crippen LogP contribution in [0.2, 0.25) is 0 Å². The first-order chi connectivity index (χ1) is 10.8. The molecule has 0 radical (unpaired) electrons. The molecule has 6 nitrogen and oxygen atoms in total. The number of nitrogens with zero attached hydrogens (tertiary/aromatic N) is 3. The van der Waals surface area contributed by atoms with Crippen molar-refractivity contribution in [2.45, 2.75) is 13.0 Å². The van der Waals surface area contributed by atoms with Crippen LogP contribution in [0.4, 0.5) is 0 Å². The van der Waals surface area contributed by atoms with E-state index in [1.165, 1.54) is 5.56 Å². The van der Waals surface area contributed by atoms with Crippen molar-refractivity contribution in [1.82, 2.24) is 20.4 Å². The normalized spacial score (nSPS) is 10.8. The Balaban J connectivity index is 0.00000264. The Bertz CT molecular complexity index is 586. The number of halogens is 1. The first kappa shape index (κ1) is 19.3. The summed E-state index contributed by atoms with van der Waals surface area (Å²) in [6, 6.07) is 9.97. The van der Waals surface area contributed by atoms with E-state index >= 15 is 0 Å². The highest BCUT2D eigenvalue weighted by Crippen LogP contribution is 2.17. The van der Waals surface area contributed by atoms with E-state index in [9.17, 15) is 0 Å². The van der Waals surface area contributed by atoms with Gasteiger partial charge in [-0.1, -0.05) is 18.2 Å². The first-order valence-corrected chi connectivity index (χ1v) is 7.37. The number of guanidine groups is 1. The number of rotatable bonds is 7. The van der Waals surface area contributed by atoms with Gasteiger partial charge in [0.2, 0.25) is 0 Å². The molecule has 0 atom stereocenters. The quantitative estimate of drug-likeness (QED) is 0.401. The molecule has 2 rings (SSSR count). The maximum Gasteiger partial charge on any atom is 0.191 e. The monoisotopic (exact) mass is 429 g/mol. The molecule has 0 aliphatic rings. The molecule has 0 bridgehead atoms. The van der Waals surface area contributed by atoms with Crippen LogP contribution < -0.4 is 15.4 Å².